The average molecular weight is 448 g/mol. The molecule has 0 atom stereocenters. The highest BCUT2D eigenvalue weighted by atomic mass is 32.2. The third-order valence-electron chi connectivity index (χ3n) is 4.63. The van der Waals surface area contributed by atoms with Gasteiger partial charge in [-0.25, -0.2) is 14.4 Å². The van der Waals surface area contributed by atoms with Crippen LogP contribution < -0.4 is 5.32 Å². The molecule has 160 valence electrons. The van der Waals surface area contributed by atoms with Crippen LogP contribution in [0.1, 0.15) is 15.9 Å². The highest BCUT2D eigenvalue weighted by molar-refractivity contribution is 8.18. The van der Waals surface area contributed by atoms with Gasteiger partial charge in [-0.15, -0.1) is 0 Å². The van der Waals surface area contributed by atoms with Crippen LogP contribution in [0.25, 0.3) is 17.5 Å². The number of halogens is 1. The maximum atomic E-state index is 13.8. The van der Waals surface area contributed by atoms with E-state index in [1.54, 1.807) is 12.1 Å². The largest absolute Gasteiger partial charge is 0.350 e. The van der Waals surface area contributed by atoms with E-state index < -0.39 is 22.9 Å². The Balaban J connectivity index is 1.34. The van der Waals surface area contributed by atoms with Crippen LogP contribution in [0.3, 0.4) is 0 Å². The second-order valence-electron chi connectivity index (χ2n) is 6.77. The fourth-order valence-corrected chi connectivity index (χ4v) is 3.85. The molecule has 3 amide bonds. The van der Waals surface area contributed by atoms with Gasteiger partial charge in [0.05, 0.1) is 10.5 Å². The van der Waals surface area contributed by atoms with Crippen molar-refractivity contribution in [3.63, 3.8) is 0 Å². The summed E-state index contributed by atoms with van der Waals surface area (Å²) >= 11 is 0.739. The molecule has 7 nitrogen and oxygen atoms in total. The Morgan fingerprint density at radius 3 is 2.44 bits per heavy atom. The van der Waals surface area contributed by atoms with Crippen molar-refractivity contribution in [2.24, 2.45) is 0 Å². The SMILES string of the molecule is O=C(NCCN1C(=O)S/C(=C\c2ccccc2F)C1=O)c1cnc(-c2ccccc2)nc1. The van der Waals surface area contributed by atoms with Gasteiger partial charge in [0.1, 0.15) is 5.82 Å². The van der Waals surface area contributed by atoms with Crippen LogP contribution >= 0.6 is 11.8 Å². The van der Waals surface area contributed by atoms with Crippen molar-refractivity contribution in [1.29, 1.82) is 0 Å². The summed E-state index contributed by atoms with van der Waals surface area (Å²) in [6, 6.07) is 15.4. The van der Waals surface area contributed by atoms with Gasteiger partial charge in [-0.3, -0.25) is 19.3 Å². The van der Waals surface area contributed by atoms with Gasteiger partial charge in [0.2, 0.25) is 0 Å². The lowest BCUT2D eigenvalue weighted by Crippen LogP contribution is -2.37. The van der Waals surface area contributed by atoms with E-state index in [-0.39, 0.29) is 29.1 Å². The van der Waals surface area contributed by atoms with Crippen molar-refractivity contribution < 1.29 is 18.8 Å². The second-order valence-corrected chi connectivity index (χ2v) is 7.77. The van der Waals surface area contributed by atoms with Crippen molar-refractivity contribution in [2.75, 3.05) is 13.1 Å². The lowest BCUT2D eigenvalue weighted by atomic mass is 10.2. The van der Waals surface area contributed by atoms with Crippen molar-refractivity contribution in [1.82, 2.24) is 20.2 Å². The quantitative estimate of drug-likeness (QED) is 0.578. The van der Waals surface area contributed by atoms with Gasteiger partial charge in [-0.05, 0) is 23.9 Å². The summed E-state index contributed by atoms with van der Waals surface area (Å²) in [5.74, 6) is -0.916. The third kappa shape index (κ3) is 4.73. The van der Waals surface area contributed by atoms with E-state index in [1.165, 1.54) is 30.6 Å². The summed E-state index contributed by atoms with van der Waals surface area (Å²) in [5, 5.41) is 2.18. The zero-order valence-electron chi connectivity index (χ0n) is 16.7. The van der Waals surface area contributed by atoms with E-state index in [4.69, 9.17) is 0 Å². The number of amides is 3. The van der Waals surface area contributed by atoms with Gasteiger partial charge in [-0.2, -0.15) is 0 Å². The summed E-state index contributed by atoms with van der Waals surface area (Å²) in [6.07, 6.45) is 4.19. The fraction of sp³-hybridized carbons (Fsp3) is 0.0870. The van der Waals surface area contributed by atoms with Crippen molar-refractivity contribution >= 4 is 34.9 Å². The summed E-state index contributed by atoms with van der Waals surface area (Å²) in [5.41, 5.74) is 1.32. The van der Waals surface area contributed by atoms with Gasteiger partial charge < -0.3 is 5.32 Å². The van der Waals surface area contributed by atoms with E-state index in [1.807, 2.05) is 30.3 Å². The summed E-state index contributed by atoms with van der Waals surface area (Å²) in [7, 11) is 0. The monoisotopic (exact) mass is 448 g/mol. The number of thioether (sulfide) groups is 1. The lowest BCUT2D eigenvalue weighted by Gasteiger charge is -2.13. The summed E-state index contributed by atoms with van der Waals surface area (Å²) in [4.78, 5) is 46.6. The summed E-state index contributed by atoms with van der Waals surface area (Å²) in [6.45, 7) is 0.0538. The maximum absolute atomic E-state index is 13.8. The Kier molecular flexibility index (Phi) is 6.37. The minimum atomic E-state index is -0.520. The predicted octanol–water partition coefficient (Wildman–Crippen LogP) is 3.75. The van der Waals surface area contributed by atoms with Crippen LogP contribution in [0.5, 0.6) is 0 Å². The normalized spacial score (nSPS) is 14.8. The molecular formula is C23H17FN4O3S. The number of aromatic nitrogens is 2. The standard InChI is InChI=1S/C23H17FN4O3S/c24-18-9-5-4-8-16(18)12-19-22(30)28(23(31)32-19)11-10-25-21(29)17-13-26-20(27-14-17)15-6-2-1-3-7-15/h1-9,12-14H,10-11H2,(H,25,29)/b19-12-. The van der Waals surface area contributed by atoms with Crippen LogP contribution in [-0.4, -0.2) is 45.0 Å². The highest BCUT2D eigenvalue weighted by Gasteiger charge is 2.34. The Bertz CT molecular complexity index is 1200. The lowest BCUT2D eigenvalue weighted by molar-refractivity contribution is -0.122. The molecule has 2 aromatic carbocycles. The molecule has 0 bridgehead atoms. The summed E-state index contributed by atoms with van der Waals surface area (Å²) < 4.78 is 13.8. The minimum Gasteiger partial charge on any atom is -0.350 e. The zero-order valence-corrected chi connectivity index (χ0v) is 17.5. The molecule has 0 radical (unpaired) electrons. The molecule has 1 saturated heterocycles. The van der Waals surface area contributed by atoms with Gasteiger partial charge in [-0.1, -0.05) is 48.5 Å². The van der Waals surface area contributed by atoms with Crippen LogP contribution in [-0.2, 0) is 4.79 Å². The molecule has 1 aromatic heterocycles. The number of benzene rings is 2. The van der Waals surface area contributed by atoms with E-state index >= 15 is 0 Å². The number of rotatable bonds is 6. The molecule has 0 saturated carbocycles. The predicted molar refractivity (Wildman–Crippen MR) is 119 cm³/mol. The average Bonchev–Trinajstić information content (AvgIpc) is 3.08. The molecule has 1 aliphatic heterocycles. The number of imide groups is 1. The first-order valence-electron chi connectivity index (χ1n) is 9.68. The van der Waals surface area contributed by atoms with Crippen LogP contribution in [0.4, 0.5) is 9.18 Å². The first kappa shape index (κ1) is 21.4. The number of nitrogens with zero attached hydrogens (tertiary/aromatic N) is 3. The fourth-order valence-electron chi connectivity index (χ4n) is 2.99. The molecule has 0 spiro atoms. The molecule has 2 heterocycles. The zero-order chi connectivity index (χ0) is 22.5. The third-order valence-corrected chi connectivity index (χ3v) is 5.54. The Morgan fingerprint density at radius 1 is 1.03 bits per heavy atom. The molecule has 0 aliphatic carbocycles. The number of hydrogen-bond donors (Lipinski definition) is 1. The van der Waals surface area contributed by atoms with Crippen molar-refractivity contribution in [3.05, 3.63) is 88.8 Å². The second kappa shape index (κ2) is 9.52. The topological polar surface area (TPSA) is 92.3 Å². The molecular weight excluding hydrogens is 431 g/mol. The molecule has 3 aromatic rings. The molecule has 0 unspecified atom stereocenters. The van der Waals surface area contributed by atoms with Gasteiger partial charge in [0, 0.05) is 36.6 Å². The smallest absolute Gasteiger partial charge is 0.293 e. The molecule has 1 fully saturated rings. The molecule has 9 heteroatoms. The maximum Gasteiger partial charge on any atom is 0.293 e. The Morgan fingerprint density at radius 2 is 1.72 bits per heavy atom. The molecule has 32 heavy (non-hydrogen) atoms. The van der Waals surface area contributed by atoms with Gasteiger partial charge in [0.15, 0.2) is 5.82 Å². The van der Waals surface area contributed by atoms with E-state index in [0.29, 0.717) is 5.82 Å². The number of hydrogen-bond acceptors (Lipinski definition) is 6. The van der Waals surface area contributed by atoms with Crippen molar-refractivity contribution in [2.45, 2.75) is 0 Å². The minimum absolute atomic E-state index is 0.00598. The number of nitrogens with one attached hydrogen (secondary N) is 1. The number of carbonyl (C=O) groups is 3. The van der Waals surface area contributed by atoms with Crippen LogP contribution in [0, 0.1) is 5.82 Å². The van der Waals surface area contributed by atoms with Crippen molar-refractivity contribution in [3.8, 4) is 11.4 Å². The van der Waals surface area contributed by atoms with E-state index in [2.05, 4.69) is 15.3 Å². The Labute approximate surface area is 187 Å². The molecule has 1 aliphatic rings. The highest BCUT2D eigenvalue weighted by Crippen LogP contribution is 2.32. The van der Waals surface area contributed by atoms with E-state index in [0.717, 1.165) is 22.2 Å². The van der Waals surface area contributed by atoms with Gasteiger partial charge >= 0.3 is 0 Å². The first-order chi connectivity index (χ1) is 15.5. The number of carbonyl (C=O) groups excluding carboxylic acids is 3. The molecule has 4 rings (SSSR count). The first-order valence-corrected chi connectivity index (χ1v) is 10.5. The van der Waals surface area contributed by atoms with E-state index in [9.17, 15) is 18.8 Å². The van der Waals surface area contributed by atoms with Crippen LogP contribution in [0.15, 0.2) is 71.9 Å². The van der Waals surface area contributed by atoms with Gasteiger partial charge in [0.25, 0.3) is 17.1 Å². The molecule has 1 N–H and O–H groups in total. The van der Waals surface area contributed by atoms with Crippen LogP contribution in [0.2, 0.25) is 0 Å². The Hall–Kier alpha value is -3.85.